The number of hydrogen-bond donors (Lipinski definition) is 0. The Hall–Kier alpha value is -1.07. The van der Waals surface area contributed by atoms with E-state index in [1.807, 2.05) is 27.7 Å². The number of ether oxygens (including phenoxy) is 2. The van der Waals surface area contributed by atoms with E-state index in [1.165, 1.54) is 6.07 Å². The molecule has 0 aromatic heterocycles. The highest BCUT2D eigenvalue weighted by atomic mass is 79.9. The van der Waals surface area contributed by atoms with Crippen LogP contribution in [0.15, 0.2) is 16.6 Å². The van der Waals surface area contributed by atoms with Crippen molar-refractivity contribution in [2.75, 3.05) is 0 Å². The number of halogens is 2. The van der Waals surface area contributed by atoms with Crippen LogP contribution >= 0.6 is 27.5 Å². The lowest BCUT2D eigenvalue weighted by molar-refractivity contribution is 0.0107. The molecule has 0 N–H and O–H groups in total. The first-order chi connectivity index (χ1) is 14.1. The van der Waals surface area contributed by atoms with Crippen molar-refractivity contribution in [1.29, 1.82) is 0 Å². The predicted molar refractivity (Wildman–Crippen MR) is 126 cm³/mol. The Kier molecular flexibility index (Phi) is 12.0. The fraction of sp³-hybridized carbons (Fsp3) is 0.667. The van der Waals surface area contributed by atoms with E-state index in [2.05, 4.69) is 29.8 Å². The Morgan fingerprint density at radius 1 is 0.867 bits per heavy atom. The van der Waals surface area contributed by atoms with Crippen molar-refractivity contribution in [1.82, 2.24) is 0 Å². The molecule has 0 aliphatic rings. The molecule has 0 heterocycles. The van der Waals surface area contributed by atoms with Gasteiger partial charge >= 0.3 is 11.9 Å². The van der Waals surface area contributed by atoms with Crippen LogP contribution in [-0.4, -0.2) is 24.1 Å². The van der Waals surface area contributed by atoms with Gasteiger partial charge in [0.25, 0.3) is 0 Å². The molecule has 0 spiro atoms. The quantitative estimate of drug-likeness (QED) is 0.272. The van der Waals surface area contributed by atoms with E-state index < -0.39 is 11.9 Å². The summed E-state index contributed by atoms with van der Waals surface area (Å²) in [4.78, 5) is 26.0. The second-order valence-electron chi connectivity index (χ2n) is 8.47. The lowest BCUT2D eigenvalue weighted by Gasteiger charge is -2.23. The minimum Gasteiger partial charge on any atom is -0.458 e. The zero-order valence-electron chi connectivity index (χ0n) is 19.1. The van der Waals surface area contributed by atoms with E-state index in [4.69, 9.17) is 21.1 Å². The van der Waals surface area contributed by atoms with Crippen LogP contribution < -0.4 is 0 Å². The first-order valence-electron chi connectivity index (χ1n) is 11.0. The second kappa shape index (κ2) is 13.4. The molecule has 2 unspecified atom stereocenters. The van der Waals surface area contributed by atoms with Gasteiger partial charge in [-0.05, 0) is 52.7 Å². The van der Waals surface area contributed by atoms with Gasteiger partial charge in [0, 0.05) is 4.47 Å². The molecule has 1 rings (SSSR count). The molecule has 0 radical (unpaired) electrons. The van der Waals surface area contributed by atoms with Gasteiger partial charge in [0.2, 0.25) is 0 Å². The average molecular weight is 504 g/mol. The largest absolute Gasteiger partial charge is 0.458 e. The summed E-state index contributed by atoms with van der Waals surface area (Å²) >= 11 is 9.59. The van der Waals surface area contributed by atoms with Crippen molar-refractivity contribution in [2.45, 2.75) is 92.3 Å². The molecule has 0 amide bonds. The Morgan fingerprint density at radius 2 is 1.27 bits per heavy atom. The van der Waals surface area contributed by atoms with Gasteiger partial charge in [0.05, 0.1) is 16.1 Å². The standard InChI is InChI=1S/C24H36BrClO4/c1-7-9-11-21(15(3)4)29-23(27)17-13-19(25)20(26)14-18(17)24(28)30-22(16(5)6)12-10-8-2/h13-16,21-22H,7-12H2,1-6H3. The number of esters is 2. The molecule has 0 bridgehead atoms. The molecule has 30 heavy (non-hydrogen) atoms. The lowest BCUT2D eigenvalue weighted by Crippen LogP contribution is -2.27. The molecular formula is C24H36BrClO4. The summed E-state index contributed by atoms with van der Waals surface area (Å²) in [6, 6.07) is 3.03. The second-order valence-corrected chi connectivity index (χ2v) is 9.73. The molecular weight excluding hydrogens is 468 g/mol. The third-order valence-corrected chi connectivity index (χ3v) is 6.39. The topological polar surface area (TPSA) is 52.6 Å². The van der Waals surface area contributed by atoms with Crippen LogP contribution in [0.1, 0.15) is 101 Å². The summed E-state index contributed by atoms with van der Waals surface area (Å²) in [5, 5.41) is 0.347. The molecule has 2 atom stereocenters. The fourth-order valence-corrected chi connectivity index (χ4v) is 3.66. The summed E-state index contributed by atoms with van der Waals surface area (Å²) in [5.74, 6) is -0.697. The zero-order valence-corrected chi connectivity index (χ0v) is 21.4. The minimum atomic E-state index is -0.541. The van der Waals surface area contributed by atoms with E-state index in [1.54, 1.807) is 6.07 Å². The Morgan fingerprint density at radius 3 is 1.63 bits per heavy atom. The third-order valence-electron chi connectivity index (χ3n) is 5.19. The van der Waals surface area contributed by atoms with Crippen LogP contribution in [0, 0.1) is 11.8 Å². The number of rotatable bonds is 12. The summed E-state index contributed by atoms with van der Waals surface area (Å²) in [7, 11) is 0. The number of carbonyl (C=O) groups excluding carboxylic acids is 2. The summed E-state index contributed by atoms with van der Waals surface area (Å²) in [6.07, 6.45) is 5.16. The SMILES string of the molecule is CCCCC(OC(=O)c1cc(Cl)c(Br)cc1C(=O)OC(CCCC)C(C)C)C(C)C. The molecule has 0 saturated carbocycles. The molecule has 0 aliphatic heterocycles. The molecule has 4 nitrogen and oxygen atoms in total. The maximum Gasteiger partial charge on any atom is 0.339 e. The number of carbonyl (C=O) groups is 2. The molecule has 0 saturated heterocycles. The summed E-state index contributed by atoms with van der Waals surface area (Å²) in [6.45, 7) is 12.3. The average Bonchev–Trinajstić information content (AvgIpc) is 2.69. The molecule has 1 aromatic carbocycles. The predicted octanol–water partition coefficient (Wildman–Crippen LogP) is 7.85. The van der Waals surface area contributed by atoms with E-state index in [0.717, 1.165) is 38.5 Å². The Balaban J connectivity index is 3.16. The fourth-order valence-electron chi connectivity index (χ4n) is 3.15. The maximum absolute atomic E-state index is 13.0. The van der Waals surface area contributed by atoms with Crippen LogP contribution in [0.5, 0.6) is 0 Å². The summed E-state index contributed by atoms with van der Waals surface area (Å²) < 4.78 is 12.1. The van der Waals surface area contributed by atoms with E-state index >= 15 is 0 Å². The molecule has 0 aliphatic carbocycles. The third kappa shape index (κ3) is 8.22. The minimum absolute atomic E-state index is 0.147. The molecule has 0 fully saturated rings. The zero-order chi connectivity index (χ0) is 22.8. The maximum atomic E-state index is 13.0. The van der Waals surface area contributed by atoms with Gasteiger partial charge in [0.15, 0.2) is 0 Å². The van der Waals surface area contributed by atoms with Crippen molar-refractivity contribution in [3.63, 3.8) is 0 Å². The highest BCUT2D eigenvalue weighted by Gasteiger charge is 2.27. The monoisotopic (exact) mass is 502 g/mol. The van der Waals surface area contributed by atoms with Crippen LogP contribution in [0.3, 0.4) is 0 Å². The van der Waals surface area contributed by atoms with Gasteiger partial charge in [-0.25, -0.2) is 9.59 Å². The molecule has 170 valence electrons. The van der Waals surface area contributed by atoms with Crippen molar-refractivity contribution < 1.29 is 19.1 Å². The first kappa shape index (κ1) is 27.0. The highest BCUT2D eigenvalue weighted by molar-refractivity contribution is 9.10. The van der Waals surface area contributed by atoms with E-state index in [-0.39, 0.29) is 35.2 Å². The molecule has 1 aromatic rings. The Bertz CT molecular complexity index is 644. The van der Waals surface area contributed by atoms with Crippen molar-refractivity contribution in [2.24, 2.45) is 11.8 Å². The van der Waals surface area contributed by atoms with Gasteiger partial charge in [-0.2, -0.15) is 0 Å². The number of hydrogen-bond acceptors (Lipinski definition) is 4. The smallest absolute Gasteiger partial charge is 0.339 e. The van der Waals surface area contributed by atoms with E-state index in [0.29, 0.717) is 9.50 Å². The lowest BCUT2D eigenvalue weighted by atomic mass is 10.0. The normalized spacial score (nSPS) is 13.4. The van der Waals surface area contributed by atoms with Crippen LogP contribution in [0.4, 0.5) is 0 Å². The van der Waals surface area contributed by atoms with Gasteiger partial charge in [-0.1, -0.05) is 78.8 Å². The van der Waals surface area contributed by atoms with Crippen LogP contribution in [-0.2, 0) is 9.47 Å². The van der Waals surface area contributed by atoms with E-state index in [9.17, 15) is 9.59 Å². The van der Waals surface area contributed by atoms with Gasteiger partial charge < -0.3 is 9.47 Å². The summed E-state index contributed by atoms with van der Waals surface area (Å²) in [5.41, 5.74) is 0.324. The van der Waals surface area contributed by atoms with Crippen LogP contribution in [0.25, 0.3) is 0 Å². The van der Waals surface area contributed by atoms with Gasteiger partial charge in [0.1, 0.15) is 12.2 Å². The van der Waals surface area contributed by atoms with Crippen LogP contribution in [0.2, 0.25) is 5.02 Å². The van der Waals surface area contributed by atoms with Gasteiger partial charge in [-0.3, -0.25) is 0 Å². The number of benzene rings is 1. The number of unbranched alkanes of at least 4 members (excludes halogenated alkanes) is 2. The van der Waals surface area contributed by atoms with Crippen molar-refractivity contribution in [3.05, 3.63) is 32.8 Å². The Labute approximate surface area is 195 Å². The van der Waals surface area contributed by atoms with Gasteiger partial charge in [-0.15, -0.1) is 0 Å². The van der Waals surface area contributed by atoms with Crippen molar-refractivity contribution >= 4 is 39.5 Å². The molecule has 6 heteroatoms. The highest BCUT2D eigenvalue weighted by Crippen LogP contribution is 2.29. The first-order valence-corrected chi connectivity index (χ1v) is 12.2. The van der Waals surface area contributed by atoms with Crippen molar-refractivity contribution in [3.8, 4) is 0 Å².